The van der Waals surface area contributed by atoms with Gasteiger partial charge in [0.2, 0.25) is 5.88 Å². The molecule has 0 fully saturated rings. The fourth-order valence-electron chi connectivity index (χ4n) is 3.22. The van der Waals surface area contributed by atoms with Gasteiger partial charge in [0.15, 0.2) is 6.61 Å². The molecular weight excluding hydrogens is 383 g/mol. The lowest BCUT2D eigenvalue weighted by atomic mass is 10.1. The maximum Gasteiger partial charge on any atom is 0.422 e. The van der Waals surface area contributed by atoms with Crippen LogP contribution in [-0.4, -0.2) is 34.8 Å². The van der Waals surface area contributed by atoms with Crippen molar-refractivity contribution < 1.29 is 22.6 Å². The first-order valence-electron chi connectivity index (χ1n) is 8.29. The second kappa shape index (κ2) is 7.61. The van der Waals surface area contributed by atoms with E-state index in [4.69, 9.17) is 21.1 Å². The lowest BCUT2D eigenvalue weighted by Gasteiger charge is -2.30. The van der Waals surface area contributed by atoms with E-state index in [1.807, 2.05) is 13.0 Å². The maximum absolute atomic E-state index is 12.3. The molecule has 0 bridgehead atoms. The fraction of sp³-hybridized carbons (Fsp3) is 0.444. The van der Waals surface area contributed by atoms with Gasteiger partial charge in [-0.2, -0.15) is 13.2 Å². The van der Waals surface area contributed by atoms with Gasteiger partial charge in [0.05, 0.1) is 0 Å². The first-order valence-corrected chi connectivity index (χ1v) is 8.67. The summed E-state index contributed by atoms with van der Waals surface area (Å²) in [6.45, 7) is 2.83. The number of ether oxygens (including phenoxy) is 2. The van der Waals surface area contributed by atoms with Crippen molar-refractivity contribution in [1.82, 2.24) is 14.9 Å². The molecule has 3 heterocycles. The Morgan fingerprint density at radius 3 is 2.74 bits per heavy atom. The fourth-order valence-corrected chi connectivity index (χ4v) is 3.45. The van der Waals surface area contributed by atoms with E-state index in [2.05, 4.69) is 14.9 Å². The third kappa shape index (κ3) is 4.17. The van der Waals surface area contributed by atoms with Crippen molar-refractivity contribution in [2.75, 3.05) is 13.7 Å². The van der Waals surface area contributed by atoms with E-state index in [0.29, 0.717) is 17.3 Å². The van der Waals surface area contributed by atoms with Crippen molar-refractivity contribution in [2.24, 2.45) is 0 Å². The summed E-state index contributed by atoms with van der Waals surface area (Å²) in [4.78, 5) is 10.3. The first kappa shape index (κ1) is 19.9. The van der Waals surface area contributed by atoms with E-state index < -0.39 is 12.8 Å². The van der Waals surface area contributed by atoms with Crippen LogP contribution in [0.5, 0.6) is 5.88 Å². The number of alkyl halides is 3. The largest absolute Gasteiger partial charge is 0.468 e. The average Bonchev–Trinajstić information content (AvgIpc) is 2.99. The minimum absolute atomic E-state index is 0.0245. The van der Waals surface area contributed by atoms with Crippen LogP contribution < -0.4 is 4.74 Å². The number of pyridine rings is 2. The first-order chi connectivity index (χ1) is 12.7. The molecule has 2 atom stereocenters. The van der Waals surface area contributed by atoms with E-state index in [0.717, 1.165) is 16.7 Å². The summed E-state index contributed by atoms with van der Waals surface area (Å²) in [7, 11) is 1.62. The highest BCUT2D eigenvalue weighted by molar-refractivity contribution is 6.30. The molecule has 2 unspecified atom stereocenters. The summed E-state index contributed by atoms with van der Waals surface area (Å²) < 4.78 is 47.4. The lowest BCUT2D eigenvalue weighted by Crippen LogP contribution is -2.27. The van der Waals surface area contributed by atoms with E-state index >= 15 is 0 Å². The smallest absolute Gasteiger partial charge is 0.422 e. The number of methoxy groups -OCH3 is 1. The van der Waals surface area contributed by atoms with Crippen LogP contribution in [0.25, 0.3) is 0 Å². The van der Waals surface area contributed by atoms with Gasteiger partial charge < -0.3 is 9.47 Å². The molecule has 0 N–H and O–H groups in total. The van der Waals surface area contributed by atoms with Crippen LogP contribution in [0, 0.1) is 6.92 Å². The second-order valence-electron chi connectivity index (χ2n) is 6.40. The van der Waals surface area contributed by atoms with Crippen LogP contribution in [0.1, 0.15) is 41.4 Å². The summed E-state index contributed by atoms with van der Waals surface area (Å²) in [5.74, 6) is -0.0245. The van der Waals surface area contributed by atoms with Gasteiger partial charge >= 0.3 is 6.18 Å². The molecule has 1 aliphatic rings. The Labute approximate surface area is 160 Å². The Hall–Kier alpha value is -1.90. The van der Waals surface area contributed by atoms with Crippen molar-refractivity contribution in [3.05, 3.63) is 51.9 Å². The molecule has 0 saturated heterocycles. The zero-order valence-corrected chi connectivity index (χ0v) is 15.8. The number of halogens is 4. The Morgan fingerprint density at radius 1 is 1.37 bits per heavy atom. The van der Waals surface area contributed by atoms with Crippen LogP contribution in [0.15, 0.2) is 24.5 Å². The van der Waals surface area contributed by atoms with Crippen molar-refractivity contribution in [1.29, 1.82) is 0 Å². The van der Waals surface area contributed by atoms with Gasteiger partial charge in [0, 0.05) is 48.8 Å². The minimum atomic E-state index is -4.40. The van der Waals surface area contributed by atoms with Gasteiger partial charge in [-0.1, -0.05) is 11.6 Å². The molecule has 0 saturated carbocycles. The molecule has 0 aliphatic carbocycles. The highest BCUT2D eigenvalue weighted by Gasteiger charge is 2.36. The Bertz CT molecular complexity index is 832. The number of aromatic nitrogens is 2. The van der Waals surface area contributed by atoms with Gasteiger partial charge in [0.1, 0.15) is 11.4 Å². The second-order valence-corrected chi connectivity index (χ2v) is 6.76. The van der Waals surface area contributed by atoms with Crippen molar-refractivity contribution in [3.63, 3.8) is 0 Å². The zero-order valence-electron chi connectivity index (χ0n) is 15.0. The summed E-state index contributed by atoms with van der Waals surface area (Å²) in [5.41, 5.74) is 3.24. The molecule has 3 rings (SSSR count). The van der Waals surface area contributed by atoms with E-state index in [-0.39, 0.29) is 18.1 Å². The molecule has 146 valence electrons. The molecule has 0 radical (unpaired) electrons. The number of aryl methyl sites for hydroxylation is 1. The molecule has 9 heteroatoms. The topological polar surface area (TPSA) is 47.5 Å². The number of hydrogen-bond donors (Lipinski definition) is 0. The van der Waals surface area contributed by atoms with Crippen molar-refractivity contribution >= 4 is 11.6 Å². The third-order valence-electron chi connectivity index (χ3n) is 4.57. The molecule has 0 aromatic carbocycles. The van der Waals surface area contributed by atoms with Crippen LogP contribution >= 0.6 is 11.6 Å². The molecule has 0 amide bonds. The number of nitrogens with zero attached hydrogens (tertiary/aromatic N) is 3. The van der Waals surface area contributed by atoms with Gasteiger partial charge in [-0.15, -0.1) is 0 Å². The normalized spacial score (nSPS) is 18.4. The Balaban J connectivity index is 1.81. The van der Waals surface area contributed by atoms with Crippen LogP contribution in [0.3, 0.4) is 0 Å². The van der Waals surface area contributed by atoms with Gasteiger partial charge in [-0.3, -0.25) is 4.90 Å². The molecule has 1 aliphatic heterocycles. The molecule has 27 heavy (non-hydrogen) atoms. The number of hydrogen-bond acceptors (Lipinski definition) is 5. The SMILES string of the molecule is COC1c2ccnc(Cl)c2CN1C(C)c1cnc(OCC(F)(F)F)c(C)c1. The monoisotopic (exact) mass is 401 g/mol. The predicted molar refractivity (Wildman–Crippen MR) is 93.5 cm³/mol. The van der Waals surface area contributed by atoms with Crippen LogP contribution in [0.4, 0.5) is 13.2 Å². The quantitative estimate of drug-likeness (QED) is 0.685. The van der Waals surface area contributed by atoms with Crippen LogP contribution in [-0.2, 0) is 11.3 Å². The van der Waals surface area contributed by atoms with Crippen LogP contribution in [0.2, 0.25) is 5.15 Å². The van der Waals surface area contributed by atoms with E-state index in [9.17, 15) is 13.2 Å². The highest BCUT2D eigenvalue weighted by atomic mass is 35.5. The zero-order chi connectivity index (χ0) is 19.8. The molecule has 2 aromatic rings. The van der Waals surface area contributed by atoms with Gasteiger partial charge in [-0.25, -0.2) is 9.97 Å². The molecule has 5 nitrogen and oxygen atoms in total. The summed E-state index contributed by atoms with van der Waals surface area (Å²) in [6, 6.07) is 3.54. The lowest BCUT2D eigenvalue weighted by molar-refractivity contribution is -0.154. The predicted octanol–water partition coefficient (Wildman–Crippen LogP) is 4.60. The van der Waals surface area contributed by atoms with Gasteiger partial charge in [0.25, 0.3) is 0 Å². The van der Waals surface area contributed by atoms with Crippen molar-refractivity contribution in [2.45, 2.75) is 38.8 Å². The summed E-state index contributed by atoms with van der Waals surface area (Å²) >= 11 is 6.21. The number of fused-ring (bicyclic) bond motifs is 1. The summed E-state index contributed by atoms with van der Waals surface area (Å²) in [5, 5.41) is 0.439. The molecule has 2 aromatic heterocycles. The summed E-state index contributed by atoms with van der Waals surface area (Å²) in [6.07, 6.45) is -1.53. The highest BCUT2D eigenvalue weighted by Crippen LogP contribution is 2.42. The minimum Gasteiger partial charge on any atom is -0.468 e. The average molecular weight is 402 g/mol. The Morgan fingerprint density at radius 2 is 2.11 bits per heavy atom. The van der Waals surface area contributed by atoms with E-state index in [1.165, 1.54) is 6.20 Å². The molecule has 0 spiro atoms. The Kier molecular flexibility index (Phi) is 5.60. The van der Waals surface area contributed by atoms with E-state index in [1.54, 1.807) is 26.3 Å². The number of rotatable bonds is 5. The van der Waals surface area contributed by atoms with Crippen molar-refractivity contribution in [3.8, 4) is 5.88 Å². The van der Waals surface area contributed by atoms with Gasteiger partial charge in [-0.05, 0) is 31.5 Å². The third-order valence-corrected chi connectivity index (χ3v) is 4.90. The standard InChI is InChI=1S/C18H19ClF3N3O2/c1-10-6-12(7-24-16(10)27-9-18(20,21)22)11(2)25-8-14-13(17(25)26-3)4-5-23-15(14)19/h4-7,11,17H,8-9H2,1-3H3. The maximum atomic E-state index is 12.3. The molecular formula is C18H19ClF3N3O2.